The van der Waals surface area contributed by atoms with Crippen LogP contribution in [-0.2, 0) is 14.3 Å². The van der Waals surface area contributed by atoms with Gasteiger partial charge in [0.1, 0.15) is 5.78 Å². The molecule has 0 unspecified atom stereocenters. The number of Topliss-reactive ketones (excluding diaryl/α,β-unsaturated/α-hetero) is 1. The smallest absolute Gasteiger partial charge is 0.302 e. The van der Waals surface area contributed by atoms with Gasteiger partial charge >= 0.3 is 5.97 Å². The zero-order chi connectivity index (χ0) is 21.0. The monoisotopic (exact) mass is 394 g/mol. The van der Waals surface area contributed by atoms with Gasteiger partial charge < -0.3 is 14.9 Å². The summed E-state index contributed by atoms with van der Waals surface area (Å²) in [6.07, 6.45) is 14.3. The summed E-state index contributed by atoms with van der Waals surface area (Å²) in [4.78, 5) is 22.9. The molecular formula is C23H38O5. The molecule has 5 heteroatoms. The summed E-state index contributed by atoms with van der Waals surface area (Å²) in [6, 6.07) is 0. The predicted octanol–water partition coefficient (Wildman–Crippen LogP) is 4.12. The first kappa shape index (κ1) is 24.6. The van der Waals surface area contributed by atoms with Crippen molar-refractivity contribution in [3.8, 4) is 0 Å². The van der Waals surface area contributed by atoms with Crippen molar-refractivity contribution in [2.45, 2.75) is 90.3 Å². The Balaban J connectivity index is 2.47. The third-order valence-corrected chi connectivity index (χ3v) is 5.32. The van der Waals surface area contributed by atoms with Gasteiger partial charge in [-0.1, -0.05) is 50.5 Å². The van der Waals surface area contributed by atoms with Crippen LogP contribution in [0.25, 0.3) is 0 Å². The first-order valence-electron chi connectivity index (χ1n) is 10.7. The first-order valence-corrected chi connectivity index (χ1v) is 10.7. The molecule has 0 aromatic heterocycles. The molecule has 0 spiro atoms. The molecule has 0 saturated heterocycles. The number of aliphatic hydroxyl groups is 2. The second-order valence-electron chi connectivity index (χ2n) is 8.14. The minimum atomic E-state index is -0.900. The second-order valence-corrected chi connectivity index (χ2v) is 8.14. The Labute approximate surface area is 169 Å². The first-order chi connectivity index (χ1) is 13.3. The van der Waals surface area contributed by atoms with Crippen LogP contribution in [0, 0.1) is 11.8 Å². The largest absolute Gasteiger partial charge is 0.466 e. The van der Waals surface area contributed by atoms with Gasteiger partial charge in [0.2, 0.25) is 0 Å². The van der Waals surface area contributed by atoms with Gasteiger partial charge in [-0.2, -0.15) is 0 Å². The molecule has 0 aliphatic heterocycles. The van der Waals surface area contributed by atoms with Crippen molar-refractivity contribution in [2.75, 3.05) is 6.61 Å². The SMILES string of the molecule is CCCCC[C@](C)(O)/C=C/[C@H]1[C@H](O)CC(=O)[C@@H]1C/C=C\CCCCOC(C)=O. The maximum absolute atomic E-state index is 12.3. The van der Waals surface area contributed by atoms with Gasteiger partial charge in [-0.15, -0.1) is 0 Å². The molecule has 2 N–H and O–H groups in total. The second kappa shape index (κ2) is 12.9. The summed E-state index contributed by atoms with van der Waals surface area (Å²) >= 11 is 0. The molecule has 0 aromatic rings. The standard InChI is InChI=1S/C23H38O5/c1-4-5-10-14-23(3,27)15-13-20-19(21(25)17-22(20)26)12-9-7-6-8-11-16-28-18(2)24/h7,9,13,15,19-20,22,26-27H,4-6,8,10-12,14,16-17H2,1-3H3/b9-7-,15-13+/t19-,20-,22-,23+/m1/s1. The van der Waals surface area contributed by atoms with Gasteiger partial charge in [0, 0.05) is 25.2 Å². The van der Waals surface area contributed by atoms with Gasteiger partial charge in [0.15, 0.2) is 0 Å². The summed E-state index contributed by atoms with van der Waals surface area (Å²) in [5.74, 6) is -0.627. The van der Waals surface area contributed by atoms with E-state index in [2.05, 4.69) is 6.92 Å². The zero-order valence-corrected chi connectivity index (χ0v) is 17.7. The molecule has 5 nitrogen and oxygen atoms in total. The number of ketones is 1. The third kappa shape index (κ3) is 9.65. The number of rotatable bonds is 13. The topological polar surface area (TPSA) is 83.8 Å². The van der Waals surface area contributed by atoms with E-state index in [0.29, 0.717) is 19.4 Å². The van der Waals surface area contributed by atoms with Crippen LogP contribution < -0.4 is 0 Å². The summed E-state index contributed by atoms with van der Waals surface area (Å²) in [7, 11) is 0. The van der Waals surface area contributed by atoms with E-state index in [9.17, 15) is 19.8 Å². The van der Waals surface area contributed by atoms with Crippen LogP contribution in [0.3, 0.4) is 0 Å². The van der Waals surface area contributed by atoms with E-state index in [1.165, 1.54) is 6.92 Å². The molecule has 1 saturated carbocycles. The fourth-order valence-corrected chi connectivity index (χ4v) is 3.60. The van der Waals surface area contributed by atoms with E-state index >= 15 is 0 Å². The maximum Gasteiger partial charge on any atom is 0.302 e. The number of ether oxygens (including phenoxy) is 1. The van der Waals surface area contributed by atoms with Crippen molar-refractivity contribution in [2.24, 2.45) is 11.8 Å². The Kier molecular flexibility index (Phi) is 11.3. The van der Waals surface area contributed by atoms with Crippen molar-refractivity contribution in [3.63, 3.8) is 0 Å². The lowest BCUT2D eigenvalue weighted by atomic mass is 9.88. The lowest BCUT2D eigenvalue weighted by molar-refractivity contribution is -0.141. The molecule has 0 heterocycles. The highest BCUT2D eigenvalue weighted by Crippen LogP contribution is 2.34. The Morgan fingerprint density at radius 2 is 2.00 bits per heavy atom. The van der Waals surface area contributed by atoms with Gasteiger partial charge in [-0.25, -0.2) is 0 Å². The highest BCUT2D eigenvalue weighted by molar-refractivity contribution is 5.84. The molecule has 4 atom stereocenters. The predicted molar refractivity (Wildman–Crippen MR) is 111 cm³/mol. The van der Waals surface area contributed by atoms with Crippen LogP contribution in [0.15, 0.2) is 24.3 Å². The van der Waals surface area contributed by atoms with E-state index in [1.54, 1.807) is 13.0 Å². The number of allylic oxidation sites excluding steroid dienone is 2. The average Bonchev–Trinajstić information content (AvgIpc) is 2.88. The van der Waals surface area contributed by atoms with Crippen LogP contribution in [-0.4, -0.2) is 40.3 Å². The van der Waals surface area contributed by atoms with Gasteiger partial charge in [0.25, 0.3) is 0 Å². The van der Waals surface area contributed by atoms with Crippen LogP contribution >= 0.6 is 0 Å². The van der Waals surface area contributed by atoms with Crippen LogP contribution in [0.5, 0.6) is 0 Å². The number of carbonyl (C=O) groups is 2. The normalized spacial score (nSPS) is 24.9. The molecule has 1 rings (SSSR count). The van der Waals surface area contributed by atoms with Crippen molar-refractivity contribution < 1.29 is 24.5 Å². The Bertz CT molecular complexity index is 535. The maximum atomic E-state index is 12.3. The zero-order valence-electron chi connectivity index (χ0n) is 17.7. The fraction of sp³-hybridized carbons (Fsp3) is 0.739. The van der Waals surface area contributed by atoms with Crippen LogP contribution in [0.4, 0.5) is 0 Å². The van der Waals surface area contributed by atoms with Crippen molar-refractivity contribution >= 4 is 11.8 Å². The number of hydrogen-bond acceptors (Lipinski definition) is 5. The lowest BCUT2D eigenvalue weighted by Crippen LogP contribution is -2.23. The molecule has 1 fully saturated rings. The highest BCUT2D eigenvalue weighted by atomic mass is 16.5. The van der Waals surface area contributed by atoms with Crippen molar-refractivity contribution in [1.29, 1.82) is 0 Å². The minimum absolute atomic E-state index is 0.0901. The Morgan fingerprint density at radius 1 is 1.25 bits per heavy atom. The van der Waals surface area contributed by atoms with Gasteiger partial charge in [-0.05, 0) is 39.0 Å². The lowest BCUT2D eigenvalue weighted by Gasteiger charge is -2.21. The Hall–Kier alpha value is -1.46. The van der Waals surface area contributed by atoms with E-state index in [-0.39, 0.29) is 30.0 Å². The molecule has 0 aromatic carbocycles. The van der Waals surface area contributed by atoms with Crippen LogP contribution in [0.2, 0.25) is 0 Å². The number of aliphatic hydroxyl groups excluding tert-OH is 1. The molecule has 0 radical (unpaired) electrons. The average molecular weight is 395 g/mol. The van der Waals surface area contributed by atoms with Crippen LogP contribution in [0.1, 0.15) is 78.6 Å². The van der Waals surface area contributed by atoms with E-state index < -0.39 is 11.7 Å². The van der Waals surface area contributed by atoms with Crippen molar-refractivity contribution in [1.82, 2.24) is 0 Å². The van der Waals surface area contributed by atoms with Crippen molar-refractivity contribution in [3.05, 3.63) is 24.3 Å². The summed E-state index contributed by atoms with van der Waals surface area (Å²) < 4.78 is 4.89. The molecular weight excluding hydrogens is 356 g/mol. The minimum Gasteiger partial charge on any atom is -0.466 e. The molecule has 1 aliphatic carbocycles. The van der Waals surface area contributed by atoms with E-state index in [4.69, 9.17) is 4.74 Å². The number of esters is 1. The number of hydrogen-bond donors (Lipinski definition) is 2. The number of carbonyl (C=O) groups excluding carboxylic acids is 2. The highest BCUT2D eigenvalue weighted by Gasteiger charge is 2.39. The molecule has 160 valence electrons. The molecule has 1 aliphatic rings. The molecule has 0 amide bonds. The fourth-order valence-electron chi connectivity index (χ4n) is 3.60. The summed E-state index contributed by atoms with van der Waals surface area (Å²) in [5.41, 5.74) is -0.900. The molecule has 0 bridgehead atoms. The quantitative estimate of drug-likeness (QED) is 0.279. The number of unbranched alkanes of at least 4 members (excludes halogenated alkanes) is 4. The third-order valence-electron chi connectivity index (χ3n) is 5.32. The van der Waals surface area contributed by atoms with Gasteiger partial charge in [-0.3, -0.25) is 9.59 Å². The summed E-state index contributed by atoms with van der Waals surface area (Å²) in [6.45, 7) is 5.76. The summed E-state index contributed by atoms with van der Waals surface area (Å²) in [5, 5.41) is 20.8. The van der Waals surface area contributed by atoms with E-state index in [1.807, 2.05) is 18.2 Å². The van der Waals surface area contributed by atoms with E-state index in [0.717, 1.165) is 38.5 Å². The Morgan fingerprint density at radius 3 is 2.68 bits per heavy atom. The molecule has 28 heavy (non-hydrogen) atoms. The van der Waals surface area contributed by atoms with Gasteiger partial charge in [0.05, 0.1) is 18.3 Å².